The van der Waals surface area contributed by atoms with Crippen LogP contribution < -0.4 is 15.4 Å². The molecule has 0 unspecified atom stereocenters. The van der Waals surface area contributed by atoms with Gasteiger partial charge in [0.1, 0.15) is 0 Å². The Morgan fingerprint density at radius 2 is 1.72 bits per heavy atom. The van der Waals surface area contributed by atoms with Crippen LogP contribution in [0, 0.1) is 0 Å². The summed E-state index contributed by atoms with van der Waals surface area (Å²) in [6.07, 6.45) is -4.54. The second kappa shape index (κ2) is 8.36. The van der Waals surface area contributed by atoms with E-state index < -0.39 is 17.8 Å². The lowest BCUT2D eigenvalue weighted by Gasteiger charge is -2.12. The smallest absolute Gasteiger partial charge is 0.416 e. The quantitative estimate of drug-likeness (QED) is 0.584. The maximum absolute atomic E-state index is 12.8. The van der Waals surface area contributed by atoms with Crippen LogP contribution in [0.4, 0.5) is 29.3 Å². The van der Waals surface area contributed by atoms with Crippen molar-refractivity contribution >= 4 is 29.0 Å². The summed E-state index contributed by atoms with van der Waals surface area (Å²) >= 11 is 5.87. The molecule has 2 aromatic carbocycles. The fourth-order valence-corrected chi connectivity index (χ4v) is 2.55. The summed E-state index contributed by atoms with van der Waals surface area (Å²) in [5, 5.41) is 12.7. The molecule has 10 heteroatoms. The summed E-state index contributed by atoms with van der Waals surface area (Å²) in [6, 6.07) is 12.0. The number of alkyl halides is 3. The Morgan fingerprint density at radius 3 is 2.31 bits per heavy atom. The number of nitrogens with zero attached hydrogens (tertiary/aromatic N) is 2. The van der Waals surface area contributed by atoms with Crippen molar-refractivity contribution in [2.45, 2.75) is 6.18 Å². The first-order chi connectivity index (χ1) is 13.8. The van der Waals surface area contributed by atoms with Gasteiger partial charge in [0.05, 0.1) is 29.1 Å². The van der Waals surface area contributed by atoms with E-state index in [-0.39, 0.29) is 10.7 Å². The van der Waals surface area contributed by atoms with Crippen LogP contribution in [0.5, 0.6) is 5.88 Å². The molecular weight excluding hydrogens is 409 g/mol. The highest BCUT2D eigenvalue weighted by Gasteiger charge is 2.31. The molecule has 0 spiro atoms. The molecule has 0 saturated heterocycles. The van der Waals surface area contributed by atoms with E-state index >= 15 is 0 Å². The van der Waals surface area contributed by atoms with E-state index in [1.54, 1.807) is 36.4 Å². The van der Waals surface area contributed by atoms with Crippen LogP contribution in [0.3, 0.4) is 0 Å². The molecule has 150 valence electrons. The van der Waals surface area contributed by atoms with Crippen molar-refractivity contribution in [3.63, 3.8) is 0 Å². The third-order valence-corrected chi connectivity index (χ3v) is 4.16. The third kappa shape index (κ3) is 5.14. The van der Waals surface area contributed by atoms with Crippen LogP contribution in [0.25, 0.3) is 11.3 Å². The van der Waals surface area contributed by atoms with E-state index in [1.165, 1.54) is 7.11 Å². The van der Waals surface area contributed by atoms with Crippen molar-refractivity contribution in [1.29, 1.82) is 0 Å². The van der Waals surface area contributed by atoms with E-state index in [9.17, 15) is 18.0 Å². The fraction of sp³-hybridized carbons (Fsp3) is 0.105. The number of rotatable bonds is 4. The second-order valence-corrected chi connectivity index (χ2v) is 6.22. The lowest BCUT2D eigenvalue weighted by molar-refractivity contribution is -0.137. The highest BCUT2D eigenvalue weighted by molar-refractivity contribution is 6.33. The lowest BCUT2D eigenvalue weighted by atomic mass is 10.1. The monoisotopic (exact) mass is 422 g/mol. The van der Waals surface area contributed by atoms with Crippen LogP contribution in [-0.4, -0.2) is 23.3 Å². The summed E-state index contributed by atoms with van der Waals surface area (Å²) in [7, 11) is 1.49. The predicted octanol–water partition coefficient (Wildman–Crippen LogP) is 5.47. The summed E-state index contributed by atoms with van der Waals surface area (Å²) in [4.78, 5) is 12.1. The Balaban J connectivity index is 1.68. The van der Waals surface area contributed by atoms with Crippen molar-refractivity contribution in [3.05, 3.63) is 65.2 Å². The van der Waals surface area contributed by atoms with E-state index in [1.807, 2.05) is 0 Å². The Labute approximate surface area is 168 Å². The van der Waals surface area contributed by atoms with Gasteiger partial charge in [0.25, 0.3) is 0 Å². The molecule has 0 aliphatic carbocycles. The lowest BCUT2D eigenvalue weighted by Crippen LogP contribution is -2.20. The molecular formula is C19H14ClF3N4O2. The van der Waals surface area contributed by atoms with Gasteiger partial charge >= 0.3 is 12.2 Å². The fourth-order valence-electron chi connectivity index (χ4n) is 2.39. The van der Waals surface area contributed by atoms with Crippen molar-refractivity contribution in [2.24, 2.45) is 0 Å². The van der Waals surface area contributed by atoms with E-state index in [0.29, 0.717) is 17.3 Å². The van der Waals surface area contributed by atoms with Gasteiger partial charge in [0.15, 0.2) is 0 Å². The number of urea groups is 1. The van der Waals surface area contributed by atoms with Gasteiger partial charge in [0.2, 0.25) is 5.88 Å². The van der Waals surface area contributed by atoms with Crippen molar-refractivity contribution in [3.8, 4) is 17.1 Å². The number of ether oxygens (including phenoxy) is 1. The summed E-state index contributed by atoms with van der Waals surface area (Å²) in [5.74, 6) is 0.386. The Morgan fingerprint density at radius 1 is 1.00 bits per heavy atom. The SMILES string of the molecule is COc1ccc(-c2ccc(NC(=O)Nc3cc(C(F)(F)F)ccc3Cl)cc2)nn1. The highest BCUT2D eigenvalue weighted by Crippen LogP contribution is 2.33. The number of anilines is 2. The van der Waals surface area contributed by atoms with E-state index in [4.69, 9.17) is 16.3 Å². The molecule has 2 N–H and O–H groups in total. The van der Waals surface area contributed by atoms with Gasteiger partial charge in [-0.15, -0.1) is 10.2 Å². The number of halogens is 4. The normalized spacial score (nSPS) is 11.1. The number of aromatic nitrogens is 2. The van der Waals surface area contributed by atoms with Gasteiger partial charge in [-0.25, -0.2) is 4.79 Å². The number of methoxy groups -OCH3 is 1. The molecule has 1 heterocycles. The topological polar surface area (TPSA) is 76.1 Å². The summed E-state index contributed by atoms with van der Waals surface area (Å²) < 4.78 is 43.4. The standard InChI is InChI=1S/C19H14ClF3N4O2/c1-29-17-9-8-15(26-27-17)11-2-5-13(6-3-11)24-18(28)25-16-10-12(19(21,22)23)4-7-14(16)20/h2-10H,1H3,(H2,24,25,28). The molecule has 0 aliphatic rings. The van der Waals surface area contributed by atoms with Gasteiger partial charge in [-0.2, -0.15) is 13.2 Å². The van der Waals surface area contributed by atoms with Crippen LogP contribution in [0.1, 0.15) is 5.56 Å². The molecule has 0 aliphatic heterocycles. The van der Waals surface area contributed by atoms with Crippen molar-refractivity contribution in [2.75, 3.05) is 17.7 Å². The highest BCUT2D eigenvalue weighted by atomic mass is 35.5. The van der Waals surface area contributed by atoms with Crippen LogP contribution >= 0.6 is 11.6 Å². The zero-order valence-electron chi connectivity index (χ0n) is 14.9. The third-order valence-electron chi connectivity index (χ3n) is 3.83. The molecule has 0 atom stereocenters. The number of hydrogen-bond donors (Lipinski definition) is 2. The molecule has 3 rings (SSSR count). The number of amides is 2. The molecule has 6 nitrogen and oxygen atoms in total. The van der Waals surface area contributed by atoms with E-state index in [2.05, 4.69) is 20.8 Å². The van der Waals surface area contributed by atoms with Crippen LogP contribution in [0.15, 0.2) is 54.6 Å². The number of nitrogens with one attached hydrogen (secondary N) is 2. The maximum Gasteiger partial charge on any atom is 0.416 e. The second-order valence-electron chi connectivity index (χ2n) is 5.81. The first kappa shape index (κ1) is 20.4. The van der Waals surface area contributed by atoms with Crippen LogP contribution in [0.2, 0.25) is 5.02 Å². The van der Waals surface area contributed by atoms with E-state index in [0.717, 1.165) is 23.8 Å². The zero-order valence-corrected chi connectivity index (χ0v) is 15.7. The van der Waals surface area contributed by atoms with Gasteiger partial charge in [0, 0.05) is 17.3 Å². The average molecular weight is 423 g/mol. The van der Waals surface area contributed by atoms with Gasteiger partial charge < -0.3 is 15.4 Å². The van der Waals surface area contributed by atoms with Crippen LogP contribution in [-0.2, 0) is 6.18 Å². The molecule has 0 saturated carbocycles. The molecule has 29 heavy (non-hydrogen) atoms. The Kier molecular flexibility index (Phi) is 5.88. The number of carbonyl (C=O) groups is 1. The Bertz CT molecular complexity index is 1010. The predicted molar refractivity (Wildman–Crippen MR) is 103 cm³/mol. The number of hydrogen-bond acceptors (Lipinski definition) is 4. The molecule has 3 aromatic rings. The van der Waals surface area contributed by atoms with Gasteiger partial charge in [-0.3, -0.25) is 0 Å². The largest absolute Gasteiger partial charge is 0.480 e. The Hall–Kier alpha value is -3.33. The zero-order chi connectivity index (χ0) is 21.0. The minimum absolute atomic E-state index is 0.0124. The molecule has 1 aromatic heterocycles. The van der Waals surface area contributed by atoms with Gasteiger partial charge in [-0.05, 0) is 36.4 Å². The molecule has 0 fully saturated rings. The average Bonchev–Trinajstić information content (AvgIpc) is 2.69. The number of carbonyl (C=O) groups excluding carboxylic acids is 1. The molecule has 2 amide bonds. The molecule has 0 bridgehead atoms. The maximum atomic E-state index is 12.8. The first-order valence-electron chi connectivity index (χ1n) is 8.19. The summed E-state index contributed by atoms with van der Waals surface area (Å²) in [6.45, 7) is 0. The van der Waals surface area contributed by atoms with Crippen molar-refractivity contribution < 1.29 is 22.7 Å². The molecule has 0 radical (unpaired) electrons. The number of benzene rings is 2. The summed E-state index contributed by atoms with van der Waals surface area (Å²) in [5.41, 5.74) is 0.728. The first-order valence-corrected chi connectivity index (χ1v) is 8.57. The van der Waals surface area contributed by atoms with Crippen molar-refractivity contribution in [1.82, 2.24) is 10.2 Å². The minimum Gasteiger partial charge on any atom is -0.480 e. The van der Waals surface area contributed by atoms with Gasteiger partial charge in [-0.1, -0.05) is 23.7 Å². The minimum atomic E-state index is -4.54.